The first-order valence-corrected chi connectivity index (χ1v) is 5.12. The molecule has 0 bridgehead atoms. The number of fused-ring (bicyclic) bond motifs is 1. The van der Waals surface area contributed by atoms with Gasteiger partial charge in [0.25, 0.3) is 0 Å². The highest BCUT2D eigenvalue weighted by molar-refractivity contribution is 6.35. The van der Waals surface area contributed by atoms with E-state index >= 15 is 0 Å². The summed E-state index contributed by atoms with van der Waals surface area (Å²) in [5.74, 6) is 0. The van der Waals surface area contributed by atoms with Crippen LogP contribution < -0.4 is 5.32 Å². The molecule has 1 nitrogen and oxygen atoms in total. The number of rotatable bonds is 0. The van der Waals surface area contributed by atoms with Crippen molar-refractivity contribution in [2.75, 3.05) is 0 Å². The molecule has 0 saturated carbocycles. The fraction of sp³-hybridized carbons (Fsp3) is 0.400. The van der Waals surface area contributed by atoms with Crippen LogP contribution in [-0.2, 0) is 13.0 Å². The third-order valence-corrected chi connectivity index (χ3v) is 2.96. The number of hydrogen-bond acceptors (Lipinski definition) is 1. The lowest BCUT2D eigenvalue weighted by Crippen LogP contribution is -2.32. The Morgan fingerprint density at radius 2 is 2.15 bits per heavy atom. The maximum atomic E-state index is 6.07. The van der Waals surface area contributed by atoms with E-state index in [4.69, 9.17) is 23.2 Å². The Morgan fingerprint density at radius 1 is 1.38 bits per heavy atom. The topological polar surface area (TPSA) is 12.0 Å². The van der Waals surface area contributed by atoms with Crippen molar-refractivity contribution < 1.29 is 0 Å². The van der Waals surface area contributed by atoms with Gasteiger partial charge in [-0.2, -0.15) is 0 Å². The van der Waals surface area contributed by atoms with Crippen LogP contribution in [0, 0.1) is 0 Å². The predicted octanol–water partition coefficient (Wildman–Crippen LogP) is 3.03. The van der Waals surface area contributed by atoms with Crippen molar-refractivity contribution in [1.29, 1.82) is 0 Å². The van der Waals surface area contributed by atoms with E-state index < -0.39 is 0 Å². The van der Waals surface area contributed by atoms with Crippen LogP contribution >= 0.6 is 23.2 Å². The Bertz CT molecular complexity index is 336. The summed E-state index contributed by atoms with van der Waals surface area (Å²) in [6, 6.07) is 4.33. The van der Waals surface area contributed by atoms with Crippen molar-refractivity contribution in [3.63, 3.8) is 0 Å². The standard InChI is InChI=1S/C10H11Cl2N/c1-6-2-7-3-8(11)4-10(12)9(7)5-13-6/h3-4,6,13H,2,5H2,1H3. The van der Waals surface area contributed by atoms with Gasteiger partial charge in [-0.3, -0.25) is 0 Å². The highest BCUT2D eigenvalue weighted by Gasteiger charge is 2.17. The van der Waals surface area contributed by atoms with Crippen molar-refractivity contribution in [1.82, 2.24) is 5.32 Å². The molecule has 70 valence electrons. The third-order valence-electron chi connectivity index (χ3n) is 2.41. The molecule has 1 atom stereocenters. The van der Waals surface area contributed by atoms with Gasteiger partial charge in [0.05, 0.1) is 0 Å². The van der Waals surface area contributed by atoms with Crippen LogP contribution in [0.15, 0.2) is 12.1 Å². The van der Waals surface area contributed by atoms with E-state index in [1.54, 1.807) is 6.07 Å². The summed E-state index contributed by atoms with van der Waals surface area (Å²) in [5, 5.41) is 4.88. The molecule has 1 aromatic carbocycles. The fourth-order valence-electron chi connectivity index (χ4n) is 1.72. The number of benzene rings is 1. The van der Waals surface area contributed by atoms with Crippen LogP contribution in [0.1, 0.15) is 18.1 Å². The average Bonchev–Trinajstić information content (AvgIpc) is 2.02. The van der Waals surface area contributed by atoms with Gasteiger partial charge in [-0.15, -0.1) is 0 Å². The molecule has 3 heteroatoms. The molecule has 2 rings (SSSR count). The van der Waals surface area contributed by atoms with Crippen LogP contribution in [0.3, 0.4) is 0 Å². The van der Waals surface area contributed by atoms with E-state index in [-0.39, 0.29) is 0 Å². The van der Waals surface area contributed by atoms with Gasteiger partial charge in [0.1, 0.15) is 0 Å². The van der Waals surface area contributed by atoms with Gasteiger partial charge < -0.3 is 5.32 Å². The first kappa shape index (κ1) is 9.32. The predicted molar refractivity (Wildman–Crippen MR) is 56.5 cm³/mol. The number of halogens is 2. The monoisotopic (exact) mass is 215 g/mol. The van der Waals surface area contributed by atoms with Crippen molar-refractivity contribution in [2.45, 2.75) is 25.9 Å². The van der Waals surface area contributed by atoms with Gasteiger partial charge in [-0.1, -0.05) is 23.2 Å². The van der Waals surface area contributed by atoms with Crippen molar-refractivity contribution in [3.05, 3.63) is 33.3 Å². The van der Waals surface area contributed by atoms with Crippen LogP contribution in [0.5, 0.6) is 0 Å². The van der Waals surface area contributed by atoms with Gasteiger partial charge in [0, 0.05) is 22.6 Å². The van der Waals surface area contributed by atoms with Crippen molar-refractivity contribution in [3.8, 4) is 0 Å². The zero-order valence-corrected chi connectivity index (χ0v) is 8.91. The molecule has 13 heavy (non-hydrogen) atoms. The second kappa shape index (κ2) is 3.49. The van der Waals surface area contributed by atoms with Crippen LogP contribution in [-0.4, -0.2) is 6.04 Å². The summed E-state index contributed by atoms with van der Waals surface area (Å²) in [6.07, 6.45) is 1.01. The molecule has 1 aliphatic rings. The zero-order valence-electron chi connectivity index (χ0n) is 7.40. The summed E-state index contributed by atoms with van der Waals surface area (Å²) in [6.45, 7) is 3.02. The maximum absolute atomic E-state index is 6.07. The van der Waals surface area contributed by atoms with Crippen molar-refractivity contribution >= 4 is 23.2 Å². The molecule has 0 aliphatic carbocycles. The van der Waals surface area contributed by atoms with Gasteiger partial charge in [0.2, 0.25) is 0 Å². The van der Waals surface area contributed by atoms with Crippen LogP contribution in [0.25, 0.3) is 0 Å². The first-order chi connectivity index (χ1) is 6.16. The van der Waals surface area contributed by atoms with Crippen LogP contribution in [0.4, 0.5) is 0 Å². The van der Waals surface area contributed by atoms with Crippen LogP contribution in [0.2, 0.25) is 10.0 Å². The minimum absolute atomic E-state index is 0.516. The minimum atomic E-state index is 0.516. The summed E-state index contributed by atoms with van der Waals surface area (Å²) < 4.78 is 0. The summed E-state index contributed by atoms with van der Waals surface area (Å²) in [5.41, 5.74) is 2.48. The lowest BCUT2D eigenvalue weighted by molar-refractivity contribution is 0.514. The zero-order chi connectivity index (χ0) is 9.42. The molecule has 1 heterocycles. The molecule has 0 amide bonds. The Hall–Kier alpha value is -0.240. The van der Waals surface area contributed by atoms with Gasteiger partial charge in [-0.05, 0) is 36.6 Å². The molecule has 0 fully saturated rings. The van der Waals surface area contributed by atoms with E-state index in [1.807, 2.05) is 6.07 Å². The van der Waals surface area contributed by atoms with E-state index in [0.29, 0.717) is 6.04 Å². The van der Waals surface area contributed by atoms with E-state index in [9.17, 15) is 0 Å². The average molecular weight is 216 g/mol. The largest absolute Gasteiger partial charge is 0.310 e. The van der Waals surface area contributed by atoms with E-state index in [2.05, 4.69) is 12.2 Å². The van der Waals surface area contributed by atoms with Gasteiger partial charge in [-0.25, -0.2) is 0 Å². The Kier molecular flexibility index (Phi) is 2.50. The lowest BCUT2D eigenvalue weighted by Gasteiger charge is -2.24. The molecular formula is C10H11Cl2N. The Balaban J connectivity index is 2.47. The first-order valence-electron chi connectivity index (χ1n) is 4.37. The summed E-state index contributed by atoms with van der Waals surface area (Å²) in [7, 11) is 0. The molecular weight excluding hydrogens is 205 g/mol. The summed E-state index contributed by atoms with van der Waals surface area (Å²) in [4.78, 5) is 0. The molecule has 1 unspecified atom stereocenters. The SMILES string of the molecule is CC1Cc2cc(Cl)cc(Cl)c2CN1. The van der Waals surface area contributed by atoms with Gasteiger partial charge in [0.15, 0.2) is 0 Å². The second-order valence-electron chi connectivity index (χ2n) is 3.51. The number of nitrogens with one attached hydrogen (secondary N) is 1. The maximum Gasteiger partial charge on any atom is 0.0468 e. The number of hydrogen-bond donors (Lipinski definition) is 1. The molecule has 0 spiro atoms. The Labute approximate surface area is 88.0 Å². The third kappa shape index (κ3) is 1.83. The molecule has 1 aliphatic heterocycles. The fourth-order valence-corrected chi connectivity index (χ4v) is 2.32. The smallest absolute Gasteiger partial charge is 0.0468 e. The second-order valence-corrected chi connectivity index (χ2v) is 4.35. The molecule has 0 saturated heterocycles. The molecule has 0 aromatic heterocycles. The minimum Gasteiger partial charge on any atom is -0.310 e. The van der Waals surface area contributed by atoms with Gasteiger partial charge >= 0.3 is 0 Å². The lowest BCUT2D eigenvalue weighted by atomic mass is 9.97. The molecule has 1 aromatic rings. The van der Waals surface area contributed by atoms with E-state index in [1.165, 1.54) is 11.1 Å². The Morgan fingerprint density at radius 3 is 2.92 bits per heavy atom. The highest BCUT2D eigenvalue weighted by atomic mass is 35.5. The van der Waals surface area contributed by atoms with E-state index in [0.717, 1.165) is 23.0 Å². The normalized spacial score (nSPS) is 21.3. The summed E-state index contributed by atoms with van der Waals surface area (Å²) >= 11 is 12.0. The van der Waals surface area contributed by atoms with Crippen molar-refractivity contribution in [2.24, 2.45) is 0 Å². The highest BCUT2D eigenvalue weighted by Crippen LogP contribution is 2.28. The quantitative estimate of drug-likeness (QED) is 0.702. The molecule has 0 radical (unpaired) electrons. The molecule has 1 N–H and O–H groups in total.